The molecule has 0 N–H and O–H groups in total. The van der Waals surface area contributed by atoms with E-state index in [1.54, 1.807) is 0 Å². The lowest BCUT2D eigenvalue weighted by Crippen LogP contribution is -2.31. The molecule has 0 aliphatic carbocycles. The third kappa shape index (κ3) is 11.9. The van der Waals surface area contributed by atoms with Crippen molar-refractivity contribution in [3.8, 4) is 0 Å². The summed E-state index contributed by atoms with van der Waals surface area (Å²) >= 11 is 0. The Morgan fingerprint density at radius 2 is 1.18 bits per heavy atom. The minimum atomic E-state index is -2.82. The zero-order chi connectivity index (χ0) is 16.9. The molecule has 0 aromatic heterocycles. The molecule has 134 valence electrons. The van der Waals surface area contributed by atoms with Crippen LogP contribution in [0.5, 0.6) is 0 Å². The zero-order valence-electron chi connectivity index (χ0n) is 15.7. The maximum Gasteiger partial charge on any atom is 0.327 e. The summed E-state index contributed by atoms with van der Waals surface area (Å²) in [6.45, 7) is 6.86. The van der Waals surface area contributed by atoms with Crippen molar-refractivity contribution in [2.75, 3.05) is 20.0 Å². The molecule has 0 aliphatic rings. The molecule has 0 saturated heterocycles. The topological polar surface area (TPSA) is 35.5 Å². The Kier molecular flexibility index (Phi) is 13.0. The molecule has 3 nitrogen and oxygen atoms in total. The Hall–Kier alpha value is 0.367. The van der Waals surface area contributed by atoms with Gasteiger partial charge in [0.25, 0.3) is 0 Å². The van der Waals surface area contributed by atoms with E-state index in [0.717, 1.165) is 0 Å². The molecule has 0 aromatic carbocycles. The highest BCUT2D eigenvalue weighted by molar-refractivity contribution is 7.57. The highest BCUT2D eigenvalue weighted by atomic mass is 31.2. The van der Waals surface area contributed by atoms with Crippen LogP contribution in [-0.4, -0.2) is 28.1 Å². The Balaban J connectivity index is 3.63. The van der Waals surface area contributed by atoms with Gasteiger partial charge in [0.1, 0.15) is 0 Å². The average molecular weight is 351 g/mol. The van der Waals surface area contributed by atoms with Crippen molar-refractivity contribution in [1.82, 2.24) is 0 Å². The van der Waals surface area contributed by atoms with E-state index in [0.29, 0.717) is 5.79 Å². The molecule has 0 atom stereocenters. The summed E-state index contributed by atoms with van der Waals surface area (Å²) in [7, 11) is -1.31. The summed E-state index contributed by atoms with van der Waals surface area (Å²) in [5.74, 6) is 0.643. The van der Waals surface area contributed by atoms with Crippen molar-refractivity contribution in [3.63, 3.8) is 0 Å². The molecule has 0 rings (SSSR count). The highest BCUT2D eigenvalue weighted by Gasteiger charge is 2.33. The van der Waals surface area contributed by atoms with E-state index in [1.807, 2.05) is 0 Å². The van der Waals surface area contributed by atoms with Crippen LogP contribution in [0, 0.1) is 0 Å². The maximum absolute atomic E-state index is 12.2. The van der Waals surface area contributed by atoms with Crippen molar-refractivity contribution < 1.29 is 13.6 Å². The van der Waals surface area contributed by atoms with E-state index in [1.165, 1.54) is 84.5 Å². The van der Waals surface area contributed by atoms with E-state index in [4.69, 9.17) is 9.05 Å². The molecule has 0 saturated carbocycles. The van der Waals surface area contributed by atoms with Gasteiger partial charge in [0, 0.05) is 20.0 Å². The van der Waals surface area contributed by atoms with Gasteiger partial charge < -0.3 is 9.05 Å². The van der Waals surface area contributed by atoms with Crippen LogP contribution >= 0.6 is 7.60 Å². The van der Waals surface area contributed by atoms with Gasteiger partial charge in [0.15, 0.2) is 0 Å². The van der Waals surface area contributed by atoms with Crippen LogP contribution < -0.4 is 0 Å². The first-order valence-corrected chi connectivity index (χ1v) is 14.2. The van der Waals surface area contributed by atoms with Gasteiger partial charge in [-0.2, -0.15) is 0 Å². The second-order valence-electron chi connectivity index (χ2n) is 7.23. The van der Waals surface area contributed by atoms with Gasteiger partial charge in [-0.15, -0.1) is 0 Å². The van der Waals surface area contributed by atoms with E-state index >= 15 is 0 Å². The number of hydrogen-bond donors (Lipinski definition) is 0. The van der Waals surface area contributed by atoms with Gasteiger partial charge in [-0.25, -0.2) is 0 Å². The van der Waals surface area contributed by atoms with Crippen molar-refractivity contribution in [1.29, 1.82) is 0 Å². The molecule has 0 fully saturated rings. The molecule has 0 heterocycles. The lowest BCUT2D eigenvalue weighted by atomic mass is 10.1. The van der Waals surface area contributed by atoms with Gasteiger partial charge in [0.2, 0.25) is 0 Å². The van der Waals surface area contributed by atoms with Crippen LogP contribution in [0.1, 0.15) is 71.1 Å². The first-order chi connectivity index (χ1) is 10.4. The van der Waals surface area contributed by atoms with Gasteiger partial charge in [-0.1, -0.05) is 90.3 Å². The third-order valence-corrected chi connectivity index (χ3v) is 12.2. The van der Waals surface area contributed by atoms with Crippen LogP contribution in [0.2, 0.25) is 19.1 Å². The summed E-state index contributed by atoms with van der Waals surface area (Å²) < 4.78 is 22.4. The third-order valence-electron chi connectivity index (χ3n) is 4.39. The summed E-state index contributed by atoms with van der Waals surface area (Å²) in [4.78, 5) is 0. The second-order valence-corrected chi connectivity index (χ2v) is 15.3. The molecule has 0 aromatic rings. The number of rotatable bonds is 15. The van der Waals surface area contributed by atoms with Crippen molar-refractivity contribution in [2.24, 2.45) is 0 Å². The Morgan fingerprint density at radius 1 is 0.773 bits per heavy atom. The van der Waals surface area contributed by atoms with Gasteiger partial charge >= 0.3 is 7.60 Å². The standard InChI is InChI=1S/C17H39O3PSi/c1-6-7-8-9-10-11-12-13-14-15-16-22(4,5)17-21(18,19-2)20-3/h6-17H2,1-5H3. The van der Waals surface area contributed by atoms with Crippen LogP contribution in [-0.2, 0) is 13.6 Å². The minimum Gasteiger partial charge on any atom is -0.312 e. The van der Waals surface area contributed by atoms with Crippen LogP contribution in [0.3, 0.4) is 0 Å². The molecular formula is C17H39O3PSi. The quantitative estimate of drug-likeness (QED) is 0.189. The molecule has 0 unspecified atom stereocenters. The van der Waals surface area contributed by atoms with E-state index in [-0.39, 0.29) is 0 Å². The fraction of sp³-hybridized carbons (Fsp3) is 1.00. The summed E-state index contributed by atoms with van der Waals surface area (Å²) in [5, 5.41) is 0. The molecule has 0 bridgehead atoms. The predicted molar refractivity (Wildman–Crippen MR) is 101 cm³/mol. The molecule has 0 aliphatic heterocycles. The lowest BCUT2D eigenvalue weighted by molar-refractivity contribution is 0.280. The Bertz CT molecular complexity index is 300. The molecule has 0 spiro atoms. The normalized spacial score (nSPS) is 12.8. The van der Waals surface area contributed by atoms with Crippen molar-refractivity contribution >= 4 is 15.7 Å². The fourth-order valence-corrected chi connectivity index (χ4v) is 10.1. The first kappa shape index (κ1) is 22.4. The van der Waals surface area contributed by atoms with E-state index in [2.05, 4.69) is 20.0 Å². The minimum absolute atomic E-state index is 0.643. The van der Waals surface area contributed by atoms with Gasteiger partial charge in [0.05, 0.1) is 8.07 Å². The number of unbranched alkanes of at least 4 members (excludes halogenated alkanes) is 9. The molecular weight excluding hydrogens is 311 g/mol. The SMILES string of the molecule is CCCCCCCCCCCC[Si](C)(C)CP(=O)(OC)OC. The zero-order valence-corrected chi connectivity index (χ0v) is 17.6. The smallest absolute Gasteiger partial charge is 0.312 e. The summed E-state index contributed by atoms with van der Waals surface area (Å²) in [5.41, 5.74) is 0. The lowest BCUT2D eigenvalue weighted by Gasteiger charge is -2.26. The molecule has 5 heteroatoms. The Morgan fingerprint density at radius 3 is 1.59 bits per heavy atom. The highest BCUT2D eigenvalue weighted by Crippen LogP contribution is 2.49. The van der Waals surface area contributed by atoms with Crippen LogP contribution in [0.25, 0.3) is 0 Å². The monoisotopic (exact) mass is 350 g/mol. The van der Waals surface area contributed by atoms with Crippen molar-refractivity contribution in [2.45, 2.75) is 90.3 Å². The number of hydrogen-bond acceptors (Lipinski definition) is 3. The second kappa shape index (κ2) is 12.7. The van der Waals surface area contributed by atoms with E-state index < -0.39 is 15.7 Å². The van der Waals surface area contributed by atoms with Crippen LogP contribution in [0.4, 0.5) is 0 Å². The van der Waals surface area contributed by atoms with Gasteiger partial charge in [-0.05, 0) is 0 Å². The molecule has 0 radical (unpaired) electrons. The van der Waals surface area contributed by atoms with Crippen molar-refractivity contribution in [3.05, 3.63) is 0 Å². The molecule has 0 amide bonds. The molecule has 22 heavy (non-hydrogen) atoms. The Labute approximate surface area is 140 Å². The summed E-state index contributed by atoms with van der Waals surface area (Å²) in [6.07, 6.45) is 13.7. The van der Waals surface area contributed by atoms with Crippen LogP contribution in [0.15, 0.2) is 0 Å². The van der Waals surface area contributed by atoms with E-state index in [9.17, 15) is 4.57 Å². The largest absolute Gasteiger partial charge is 0.327 e. The average Bonchev–Trinajstić information content (AvgIpc) is 2.48. The predicted octanol–water partition coefficient (Wildman–Crippen LogP) is 6.64. The first-order valence-electron chi connectivity index (χ1n) is 9.09. The van der Waals surface area contributed by atoms with Gasteiger partial charge in [-0.3, -0.25) is 4.57 Å². The fourth-order valence-electron chi connectivity index (χ4n) is 2.90. The summed E-state index contributed by atoms with van der Waals surface area (Å²) in [6, 6.07) is 1.22. The maximum atomic E-state index is 12.2.